The Morgan fingerprint density at radius 1 is 1.19 bits per heavy atom. The summed E-state index contributed by atoms with van der Waals surface area (Å²) in [4.78, 5) is 25.5. The van der Waals surface area contributed by atoms with Crippen molar-refractivity contribution >= 4 is 17.7 Å². The molecule has 0 spiro atoms. The van der Waals surface area contributed by atoms with E-state index in [0.29, 0.717) is 12.4 Å². The van der Waals surface area contributed by atoms with Gasteiger partial charge in [0.25, 0.3) is 0 Å². The number of carbonyl (C=O) groups excluding carboxylic acids is 1. The molecule has 1 amide bonds. The molecule has 2 aliphatic rings. The van der Waals surface area contributed by atoms with Crippen LogP contribution in [-0.4, -0.2) is 63.4 Å². The van der Waals surface area contributed by atoms with Crippen LogP contribution in [0, 0.1) is 0 Å². The van der Waals surface area contributed by atoms with Crippen molar-refractivity contribution in [3.05, 3.63) is 48.3 Å². The molecule has 0 aliphatic carbocycles. The van der Waals surface area contributed by atoms with E-state index >= 15 is 0 Å². The van der Waals surface area contributed by atoms with Crippen LogP contribution in [0.1, 0.15) is 45.3 Å². The molecule has 2 bridgehead atoms. The zero-order valence-corrected chi connectivity index (χ0v) is 18.4. The molecular formula is C23H31N5O3. The van der Waals surface area contributed by atoms with Crippen LogP contribution in [0.2, 0.25) is 0 Å². The minimum absolute atomic E-state index is 0.125. The van der Waals surface area contributed by atoms with Crippen molar-refractivity contribution < 1.29 is 14.6 Å². The Balaban J connectivity index is 1.38. The quantitative estimate of drug-likeness (QED) is 0.760. The smallest absolute Gasteiger partial charge is 0.410 e. The number of amides is 1. The Kier molecular flexibility index (Phi) is 6.00. The third-order valence-corrected chi connectivity index (χ3v) is 5.72. The standard InChI is InChI=1S/C23H31N5O3/c1-23(2,3)31-22(30)28-17-9-10-18(28)14-27(13-17)21-11-20(25-15-26-21)24-12-19(29)16-7-5-4-6-8-16/h4-8,11,15,17-19,29H,9-10,12-14H2,1-3H3,(H,24,25,26)/t17?,18?,19-/m0/s1. The first kappa shape index (κ1) is 21.4. The molecule has 0 saturated carbocycles. The average molecular weight is 426 g/mol. The lowest BCUT2D eigenvalue weighted by molar-refractivity contribution is 0.0122. The van der Waals surface area contributed by atoms with Gasteiger partial charge in [0.2, 0.25) is 0 Å². The molecule has 2 aliphatic heterocycles. The topological polar surface area (TPSA) is 90.8 Å². The molecular weight excluding hydrogens is 394 g/mol. The molecule has 2 fully saturated rings. The number of benzene rings is 1. The van der Waals surface area contributed by atoms with Crippen LogP contribution < -0.4 is 10.2 Å². The molecule has 2 saturated heterocycles. The highest BCUT2D eigenvalue weighted by Crippen LogP contribution is 2.33. The number of ether oxygens (including phenoxy) is 1. The van der Waals surface area contributed by atoms with E-state index in [1.807, 2.05) is 62.1 Å². The number of fused-ring (bicyclic) bond motifs is 2. The van der Waals surface area contributed by atoms with E-state index in [9.17, 15) is 9.90 Å². The van der Waals surface area contributed by atoms with Gasteiger partial charge in [-0.1, -0.05) is 30.3 Å². The molecule has 1 aromatic carbocycles. The van der Waals surface area contributed by atoms with Crippen molar-refractivity contribution in [2.75, 3.05) is 29.9 Å². The summed E-state index contributed by atoms with van der Waals surface area (Å²) in [5, 5.41) is 13.6. The summed E-state index contributed by atoms with van der Waals surface area (Å²) in [5.74, 6) is 1.49. The normalized spacial score (nSPS) is 21.7. The number of aliphatic hydroxyl groups excluding tert-OH is 1. The SMILES string of the molecule is CC(C)(C)OC(=O)N1C2CCC1CN(c1cc(NC[C@H](O)c3ccccc3)ncn1)C2. The molecule has 3 atom stereocenters. The van der Waals surface area contributed by atoms with Gasteiger partial charge in [-0.3, -0.25) is 4.90 Å². The van der Waals surface area contributed by atoms with Crippen molar-refractivity contribution in [3.8, 4) is 0 Å². The van der Waals surface area contributed by atoms with Gasteiger partial charge in [-0.15, -0.1) is 0 Å². The Morgan fingerprint density at radius 2 is 1.87 bits per heavy atom. The van der Waals surface area contributed by atoms with Crippen LogP contribution in [0.15, 0.2) is 42.7 Å². The molecule has 2 unspecified atom stereocenters. The van der Waals surface area contributed by atoms with Gasteiger partial charge in [0.15, 0.2) is 0 Å². The molecule has 2 aromatic rings. The van der Waals surface area contributed by atoms with Crippen LogP contribution in [-0.2, 0) is 4.74 Å². The van der Waals surface area contributed by atoms with Crippen LogP contribution >= 0.6 is 0 Å². The number of hydrogen-bond donors (Lipinski definition) is 2. The maximum atomic E-state index is 12.7. The summed E-state index contributed by atoms with van der Waals surface area (Å²) < 4.78 is 5.62. The van der Waals surface area contributed by atoms with Crippen molar-refractivity contribution in [2.45, 2.75) is 57.4 Å². The van der Waals surface area contributed by atoms with Gasteiger partial charge in [-0.2, -0.15) is 0 Å². The summed E-state index contributed by atoms with van der Waals surface area (Å²) in [7, 11) is 0. The van der Waals surface area contributed by atoms with Gasteiger partial charge in [-0.05, 0) is 39.2 Å². The summed E-state index contributed by atoms with van der Waals surface area (Å²) in [6.07, 6.45) is 2.64. The minimum atomic E-state index is -0.618. The molecule has 4 rings (SSSR count). The number of aliphatic hydroxyl groups is 1. The van der Waals surface area contributed by atoms with Gasteiger partial charge in [-0.25, -0.2) is 14.8 Å². The molecule has 8 heteroatoms. The predicted octanol–water partition coefficient (Wildman–Crippen LogP) is 3.21. The highest BCUT2D eigenvalue weighted by Gasteiger charge is 2.44. The number of nitrogens with zero attached hydrogens (tertiary/aromatic N) is 4. The van der Waals surface area contributed by atoms with Crippen LogP contribution in [0.5, 0.6) is 0 Å². The summed E-state index contributed by atoms with van der Waals surface area (Å²) in [6.45, 7) is 7.49. The number of aromatic nitrogens is 2. The van der Waals surface area contributed by atoms with Crippen LogP contribution in [0.3, 0.4) is 0 Å². The van der Waals surface area contributed by atoms with Crippen LogP contribution in [0.25, 0.3) is 0 Å². The Morgan fingerprint density at radius 3 is 2.52 bits per heavy atom. The summed E-state index contributed by atoms with van der Waals surface area (Å²) in [6, 6.07) is 11.7. The number of hydrogen-bond acceptors (Lipinski definition) is 7. The highest BCUT2D eigenvalue weighted by molar-refractivity contribution is 5.70. The van der Waals surface area contributed by atoms with Gasteiger partial charge < -0.3 is 20.1 Å². The minimum Gasteiger partial charge on any atom is -0.444 e. The third-order valence-electron chi connectivity index (χ3n) is 5.72. The second kappa shape index (κ2) is 8.70. The summed E-state index contributed by atoms with van der Waals surface area (Å²) in [5.41, 5.74) is 0.365. The molecule has 166 valence electrons. The molecule has 1 aromatic heterocycles. The van der Waals surface area contributed by atoms with Crippen molar-refractivity contribution in [2.24, 2.45) is 0 Å². The summed E-state index contributed by atoms with van der Waals surface area (Å²) >= 11 is 0. The first-order valence-corrected chi connectivity index (χ1v) is 10.9. The molecule has 2 N–H and O–H groups in total. The Labute approximate surface area is 183 Å². The van der Waals surface area contributed by atoms with Gasteiger partial charge in [0.1, 0.15) is 23.6 Å². The van der Waals surface area contributed by atoms with Crippen molar-refractivity contribution in [1.82, 2.24) is 14.9 Å². The Hall–Kier alpha value is -2.87. The second-order valence-electron chi connectivity index (χ2n) is 9.25. The zero-order chi connectivity index (χ0) is 22.0. The lowest BCUT2D eigenvalue weighted by Crippen LogP contribution is -2.57. The molecule has 3 heterocycles. The van der Waals surface area contributed by atoms with Gasteiger partial charge in [0.05, 0.1) is 18.2 Å². The first-order valence-electron chi connectivity index (χ1n) is 10.9. The maximum Gasteiger partial charge on any atom is 0.410 e. The molecule has 0 radical (unpaired) electrons. The fourth-order valence-electron chi connectivity index (χ4n) is 4.31. The van der Waals surface area contributed by atoms with E-state index in [-0.39, 0.29) is 18.2 Å². The molecule has 31 heavy (non-hydrogen) atoms. The van der Waals surface area contributed by atoms with Crippen molar-refractivity contribution in [3.63, 3.8) is 0 Å². The lowest BCUT2D eigenvalue weighted by Gasteiger charge is -2.41. The number of piperazine rings is 1. The van der Waals surface area contributed by atoms with E-state index in [2.05, 4.69) is 20.2 Å². The number of anilines is 2. The van der Waals surface area contributed by atoms with E-state index in [1.165, 1.54) is 6.33 Å². The van der Waals surface area contributed by atoms with Gasteiger partial charge >= 0.3 is 6.09 Å². The predicted molar refractivity (Wildman–Crippen MR) is 119 cm³/mol. The fourth-order valence-corrected chi connectivity index (χ4v) is 4.31. The fraction of sp³-hybridized carbons (Fsp3) is 0.522. The average Bonchev–Trinajstić information content (AvgIpc) is 3.01. The maximum absolute atomic E-state index is 12.7. The van der Waals surface area contributed by atoms with E-state index in [0.717, 1.165) is 37.3 Å². The monoisotopic (exact) mass is 425 g/mol. The van der Waals surface area contributed by atoms with Crippen LogP contribution in [0.4, 0.5) is 16.4 Å². The number of rotatable bonds is 5. The van der Waals surface area contributed by atoms with E-state index in [1.54, 1.807) is 0 Å². The lowest BCUT2D eigenvalue weighted by atomic mass is 10.1. The molecule has 8 nitrogen and oxygen atoms in total. The largest absolute Gasteiger partial charge is 0.444 e. The number of nitrogens with one attached hydrogen (secondary N) is 1. The third kappa shape index (κ3) is 5.07. The number of carbonyl (C=O) groups is 1. The van der Waals surface area contributed by atoms with E-state index < -0.39 is 11.7 Å². The highest BCUT2D eigenvalue weighted by atomic mass is 16.6. The Bertz CT molecular complexity index is 888. The van der Waals surface area contributed by atoms with E-state index in [4.69, 9.17) is 4.74 Å². The second-order valence-corrected chi connectivity index (χ2v) is 9.25. The van der Waals surface area contributed by atoms with Crippen molar-refractivity contribution in [1.29, 1.82) is 0 Å². The first-order chi connectivity index (χ1) is 14.8. The van der Waals surface area contributed by atoms with Gasteiger partial charge in [0, 0.05) is 25.7 Å². The zero-order valence-electron chi connectivity index (χ0n) is 18.4.